The van der Waals surface area contributed by atoms with Gasteiger partial charge in [0.2, 0.25) is 11.8 Å². The van der Waals surface area contributed by atoms with Gasteiger partial charge >= 0.3 is 12.2 Å². The van der Waals surface area contributed by atoms with Crippen molar-refractivity contribution in [2.45, 2.75) is 63.7 Å². The van der Waals surface area contributed by atoms with E-state index in [2.05, 4.69) is 35.1 Å². The molecule has 60 heavy (non-hydrogen) atoms. The van der Waals surface area contributed by atoms with E-state index in [1.54, 1.807) is 50.3 Å². The average molecular weight is 831 g/mol. The number of alkyl carbamates (subject to hydrolysis) is 2. The smallest absolute Gasteiger partial charge is 0.407 e. The second-order valence-electron chi connectivity index (χ2n) is 14.5. The fourth-order valence-electron chi connectivity index (χ4n) is 7.59. The van der Waals surface area contributed by atoms with Crippen molar-refractivity contribution in [2.75, 3.05) is 68.0 Å². The Balaban J connectivity index is 1.27. The van der Waals surface area contributed by atoms with Crippen molar-refractivity contribution in [1.82, 2.24) is 40.4 Å². The first-order valence-corrected chi connectivity index (χ1v) is 20.0. The number of benzene rings is 2. The second kappa shape index (κ2) is 20.2. The van der Waals surface area contributed by atoms with Crippen LogP contribution in [0.15, 0.2) is 48.8 Å². The van der Waals surface area contributed by atoms with Crippen molar-refractivity contribution in [1.29, 1.82) is 0 Å². The van der Waals surface area contributed by atoms with E-state index < -0.39 is 24.3 Å². The molecule has 2 saturated heterocycles. The van der Waals surface area contributed by atoms with Gasteiger partial charge in [0.05, 0.1) is 63.3 Å². The zero-order chi connectivity index (χ0) is 42.8. The molecular formula is C42H54N8O10. The Morgan fingerprint density at radius 1 is 0.650 bits per heavy atom. The maximum atomic E-state index is 13.4. The second-order valence-corrected chi connectivity index (χ2v) is 14.5. The first-order valence-electron chi connectivity index (χ1n) is 20.0. The molecule has 0 aliphatic carbocycles. The number of hydrogen-bond donors (Lipinski definition) is 4. The predicted molar refractivity (Wildman–Crippen MR) is 219 cm³/mol. The third kappa shape index (κ3) is 9.82. The number of nitrogens with zero attached hydrogens (tertiary/aromatic N) is 4. The van der Waals surface area contributed by atoms with Crippen molar-refractivity contribution < 1.29 is 47.6 Å². The highest BCUT2D eigenvalue weighted by atomic mass is 16.6. The van der Waals surface area contributed by atoms with Crippen LogP contribution < -0.4 is 20.1 Å². The summed E-state index contributed by atoms with van der Waals surface area (Å²) in [5, 5.41) is 5.12. The number of methoxy groups -OCH3 is 4. The van der Waals surface area contributed by atoms with Crippen LogP contribution in [0.25, 0.3) is 33.6 Å². The van der Waals surface area contributed by atoms with Gasteiger partial charge in [-0.2, -0.15) is 0 Å². The molecule has 2 aromatic heterocycles. The molecule has 322 valence electrons. The summed E-state index contributed by atoms with van der Waals surface area (Å²) in [7, 11) is 5.73. The van der Waals surface area contributed by atoms with E-state index in [0.717, 1.165) is 41.6 Å². The zero-order valence-corrected chi connectivity index (χ0v) is 34.9. The molecule has 2 aromatic carbocycles. The summed E-state index contributed by atoms with van der Waals surface area (Å²) in [4.78, 5) is 69.9. The van der Waals surface area contributed by atoms with Crippen LogP contribution in [-0.2, 0) is 28.5 Å². The molecule has 4 aromatic rings. The Bertz CT molecular complexity index is 2100. The van der Waals surface area contributed by atoms with E-state index in [1.165, 1.54) is 14.2 Å². The van der Waals surface area contributed by atoms with Crippen LogP contribution in [0.5, 0.6) is 11.5 Å². The minimum Gasteiger partial charge on any atom is -0.487 e. The van der Waals surface area contributed by atoms with Gasteiger partial charge in [-0.25, -0.2) is 19.6 Å². The normalized spacial score (nSPS) is 17.2. The third-order valence-electron chi connectivity index (χ3n) is 10.7. The van der Waals surface area contributed by atoms with Gasteiger partial charge in [-0.1, -0.05) is 24.3 Å². The lowest BCUT2D eigenvalue weighted by Gasteiger charge is -2.26. The number of aromatic nitrogens is 4. The minimum atomic E-state index is -0.771. The van der Waals surface area contributed by atoms with E-state index in [4.69, 9.17) is 23.9 Å². The molecular weight excluding hydrogens is 777 g/mol. The fraction of sp³-hybridized carbons (Fsp3) is 0.476. The summed E-state index contributed by atoms with van der Waals surface area (Å²) in [6, 6.07) is 9.80. The van der Waals surface area contributed by atoms with Gasteiger partial charge in [0.25, 0.3) is 0 Å². The zero-order valence-electron chi connectivity index (χ0n) is 34.9. The number of carbonyl (C=O) groups excluding carboxylic acids is 4. The number of rotatable bonds is 17. The summed E-state index contributed by atoms with van der Waals surface area (Å²) < 4.78 is 32.9. The lowest BCUT2D eigenvalue weighted by atomic mass is 9.98. The van der Waals surface area contributed by atoms with Crippen LogP contribution >= 0.6 is 0 Å². The van der Waals surface area contributed by atoms with Gasteiger partial charge in [0.15, 0.2) is 11.5 Å². The van der Waals surface area contributed by atoms with Crippen molar-refractivity contribution >= 4 is 24.0 Å². The van der Waals surface area contributed by atoms with Crippen LogP contribution in [-0.4, -0.2) is 134 Å². The van der Waals surface area contributed by atoms with E-state index in [9.17, 15) is 19.2 Å². The van der Waals surface area contributed by atoms with Crippen LogP contribution in [0, 0.1) is 0 Å². The van der Waals surface area contributed by atoms with Crippen LogP contribution in [0.1, 0.15) is 63.3 Å². The SMILES string of the molecule is COCCOc1c(-c2ccc(-c3cnc([C@@H]4CCCN4C(=O)[C@H](C)NC(=O)OC)[nH]3)cc2)ccc(-c2cnc([C@@H]3CCCN3C(=O)[C@H](C)NC(=O)OC)[nH]2)c1OCCOC. The van der Waals surface area contributed by atoms with Crippen molar-refractivity contribution in [3.63, 3.8) is 0 Å². The van der Waals surface area contributed by atoms with Gasteiger partial charge in [0, 0.05) is 38.4 Å². The molecule has 4 atom stereocenters. The van der Waals surface area contributed by atoms with Gasteiger partial charge < -0.3 is 58.8 Å². The molecule has 2 aliphatic heterocycles. The number of hydrogen-bond acceptors (Lipinski definition) is 12. The minimum absolute atomic E-state index is 0.202. The summed E-state index contributed by atoms with van der Waals surface area (Å²) in [5.74, 6) is 1.86. The number of aromatic amines is 2. The third-order valence-corrected chi connectivity index (χ3v) is 10.7. The highest BCUT2D eigenvalue weighted by Crippen LogP contribution is 2.46. The number of H-pyrrole nitrogens is 2. The van der Waals surface area contributed by atoms with Crippen molar-refractivity contribution in [2.24, 2.45) is 0 Å². The lowest BCUT2D eigenvalue weighted by molar-refractivity contribution is -0.134. The first-order chi connectivity index (χ1) is 29.1. The predicted octanol–water partition coefficient (Wildman–Crippen LogP) is 5.00. The van der Waals surface area contributed by atoms with Gasteiger partial charge in [-0.05, 0) is 62.8 Å². The summed E-state index contributed by atoms with van der Waals surface area (Å²) >= 11 is 0. The Hall–Kier alpha value is -6.14. The largest absolute Gasteiger partial charge is 0.487 e. The molecule has 4 heterocycles. The Kier molecular flexibility index (Phi) is 14.6. The number of nitrogens with one attached hydrogen (secondary N) is 4. The Morgan fingerprint density at radius 2 is 1.10 bits per heavy atom. The summed E-state index contributed by atoms with van der Waals surface area (Å²) in [6.07, 6.45) is 5.19. The monoisotopic (exact) mass is 830 g/mol. The number of likely N-dealkylation sites (tertiary alicyclic amines) is 2. The molecule has 0 radical (unpaired) electrons. The van der Waals surface area contributed by atoms with E-state index in [0.29, 0.717) is 67.1 Å². The Morgan fingerprint density at radius 3 is 1.60 bits per heavy atom. The van der Waals surface area contributed by atoms with Crippen molar-refractivity contribution in [3.05, 3.63) is 60.4 Å². The Labute approximate surface area is 348 Å². The molecule has 0 unspecified atom stereocenters. The number of amides is 4. The molecule has 6 rings (SSSR count). The molecule has 0 saturated carbocycles. The first kappa shape index (κ1) is 43.4. The van der Waals surface area contributed by atoms with Crippen LogP contribution in [0.4, 0.5) is 9.59 Å². The summed E-state index contributed by atoms with van der Waals surface area (Å²) in [6.45, 7) is 5.54. The van der Waals surface area contributed by atoms with Gasteiger partial charge in [-0.3, -0.25) is 9.59 Å². The van der Waals surface area contributed by atoms with Crippen LogP contribution in [0.2, 0.25) is 0 Å². The van der Waals surface area contributed by atoms with Gasteiger partial charge in [0.1, 0.15) is 36.9 Å². The van der Waals surface area contributed by atoms with E-state index >= 15 is 0 Å². The molecule has 18 heteroatoms. The van der Waals surface area contributed by atoms with E-state index in [-0.39, 0.29) is 37.1 Å². The highest BCUT2D eigenvalue weighted by Gasteiger charge is 2.36. The standard InChI is InChI=1S/C42H54N8O10/c1-25(45-41(53)57-5)39(51)49-17-7-9-33(49)37-43-23-31(47-37)28-13-11-27(12-14-28)29-15-16-30(36(60-22-20-56-4)35(29)59-21-19-55-3)32-24-44-38(48-32)34-10-8-18-50(34)40(52)26(2)46-42(54)58-6/h11-16,23-26,33-34H,7-10,17-22H2,1-6H3,(H,43,47)(H,44,48)(H,45,53)(H,46,54)/t25-,26-,33-,34-/m0/s1. The molecule has 18 nitrogen and oxygen atoms in total. The van der Waals surface area contributed by atoms with Gasteiger partial charge in [-0.15, -0.1) is 0 Å². The number of imidazole rings is 2. The topological polar surface area (TPSA) is 212 Å². The number of carbonyl (C=O) groups is 4. The maximum absolute atomic E-state index is 13.4. The van der Waals surface area contributed by atoms with Crippen LogP contribution in [0.3, 0.4) is 0 Å². The lowest BCUT2D eigenvalue weighted by Crippen LogP contribution is -2.46. The molecule has 4 N–H and O–H groups in total. The van der Waals surface area contributed by atoms with E-state index in [1.807, 2.05) is 36.4 Å². The number of ether oxygens (including phenoxy) is 6. The molecule has 2 aliphatic rings. The molecule has 0 bridgehead atoms. The molecule has 0 spiro atoms. The highest BCUT2D eigenvalue weighted by molar-refractivity contribution is 5.87. The van der Waals surface area contributed by atoms with Crippen molar-refractivity contribution in [3.8, 4) is 45.1 Å². The maximum Gasteiger partial charge on any atom is 0.407 e. The summed E-state index contributed by atoms with van der Waals surface area (Å²) in [5.41, 5.74) is 4.71. The quantitative estimate of drug-likeness (QED) is 0.104. The molecule has 2 fully saturated rings. The molecule has 4 amide bonds. The fourth-order valence-corrected chi connectivity index (χ4v) is 7.59. The average Bonchev–Trinajstić information content (AvgIpc) is 4.11.